The third-order valence-electron chi connectivity index (χ3n) is 3.38. The predicted molar refractivity (Wildman–Crippen MR) is 95.2 cm³/mol. The summed E-state index contributed by atoms with van der Waals surface area (Å²) in [5.74, 6) is 0. The minimum Gasteiger partial charge on any atom is -0.363 e. The van der Waals surface area contributed by atoms with Crippen molar-refractivity contribution in [1.29, 1.82) is 0 Å². The molecule has 0 amide bonds. The molecule has 0 saturated heterocycles. The van der Waals surface area contributed by atoms with Crippen LogP contribution in [0.15, 0.2) is 36.5 Å². The second kappa shape index (κ2) is 8.15. The van der Waals surface area contributed by atoms with Crippen molar-refractivity contribution in [2.45, 2.75) is 32.9 Å². The van der Waals surface area contributed by atoms with Gasteiger partial charge in [0.2, 0.25) is 0 Å². The van der Waals surface area contributed by atoms with E-state index >= 15 is 0 Å². The second-order valence-electron chi connectivity index (χ2n) is 5.21. The Hall–Kier alpha value is -1.59. The van der Waals surface area contributed by atoms with Gasteiger partial charge in [-0.1, -0.05) is 41.9 Å². The summed E-state index contributed by atoms with van der Waals surface area (Å²) in [6.45, 7) is 5.61. The Morgan fingerprint density at radius 1 is 1.36 bits per heavy atom. The lowest BCUT2D eigenvalue weighted by atomic mass is 10.1. The first-order chi connectivity index (χ1) is 10.6. The standard InChI is InChI=1S/C16H21ClN4S/c1-12(14-7-4-3-5-8-14)19-16(22)18-9-6-10-21-11-15(17)13(2)20-21/h3-5,7-8,11-12H,6,9-10H2,1-2H3,(H2,18,19,22)/t12-/m1/s1. The Morgan fingerprint density at radius 3 is 2.73 bits per heavy atom. The summed E-state index contributed by atoms with van der Waals surface area (Å²) in [6, 6.07) is 10.4. The summed E-state index contributed by atoms with van der Waals surface area (Å²) in [7, 11) is 0. The molecule has 0 fully saturated rings. The fraction of sp³-hybridized carbons (Fsp3) is 0.375. The Bertz CT molecular complexity index is 592. The number of nitrogens with one attached hydrogen (secondary N) is 2. The van der Waals surface area contributed by atoms with E-state index in [2.05, 4.69) is 34.8 Å². The van der Waals surface area contributed by atoms with Crippen molar-refractivity contribution in [2.75, 3.05) is 6.54 Å². The van der Waals surface area contributed by atoms with Crippen molar-refractivity contribution >= 4 is 28.9 Å². The molecule has 6 heteroatoms. The highest BCUT2D eigenvalue weighted by atomic mass is 35.5. The van der Waals surface area contributed by atoms with Gasteiger partial charge < -0.3 is 10.6 Å². The summed E-state index contributed by atoms with van der Waals surface area (Å²) in [6.07, 6.45) is 2.78. The first-order valence-corrected chi connectivity index (χ1v) is 8.13. The van der Waals surface area contributed by atoms with Crippen LogP contribution in [0.2, 0.25) is 5.02 Å². The van der Waals surface area contributed by atoms with Gasteiger partial charge >= 0.3 is 0 Å². The van der Waals surface area contributed by atoms with Crippen LogP contribution in [0.4, 0.5) is 0 Å². The number of hydrogen-bond donors (Lipinski definition) is 2. The quantitative estimate of drug-likeness (QED) is 0.626. The molecule has 0 bridgehead atoms. The molecule has 22 heavy (non-hydrogen) atoms. The van der Waals surface area contributed by atoms with Crippen LogP contribution in [0.3, 0.4) is 0 Å². The summed E-state index contributed by atoms with van der Waals surface area (Å²) in [5, 5.41) is 12.2. The number of nitrogens with zero attached hydrogens (tertiary/aromatic N) is 2. The van der Waals surface area contributed by atoms with E-state index in [0.717, 1.165) is 25.2 Å². The van der Waals surface area contributed by atoms with E-state index in [9.17, 15) is 0 Å². The molecule has 118 valence electrons. The van der Waals surface area contributed by atoms with Crippen LogP contribution in [-0.2, 0) is 6.54 Å². The summed E-state index contributed by atoms with van der Waals surface area (Å²) >= 11 is 11.3. The third kappa shape index (κ3) is 5.00. The molecule has 0 aliphatic carbocycles. The lowest BCUT2D eigenvalue weighted by Gasteiger charge is -2.17. The van der Waals surface area contributed by atoms with Crippen LogP contribution in [0.1, 0.15) is 30.6 Å². The molecule has 1 aromatic heterocycles. The van der Waals surface area contributed by atoms with Gasteiger partial charge in [0.15, 0.2) is 5.11 Å². The van der Waals surface area contributed by atoms with Crippen molar-refractivity contribution < 1.29 is 0 Å². The van der Waals surface area contributed by atoms with E-state index in [4.69, 9.17) is 23.8 Å². The van der Waals surface area contributed by atoms with E-state index in [1.54, 1.807) is 0 Å². The van der Waals surface area contributed by atoms with Crippen molar-refractivity contribution in [1.82, 2.24) is 20.4 Å². The zero-order valence-electron chi connectivity index (χ0n) is 12.8. The molecule has 2 N–H and O–H groups in total. The highest BCUT2D eigenvalue weighted by Gasteiger charge is 2.06. The van der Waals surface area contributed by atoms with E-state index in [1.165, 1.54) is 5.56 Å². The van der Waals surface area contributed by atoms with Crippen molar-refractivity contribution in [2.24, 2.45) is 0 Å². The molecule has 1 aromatic carbocycles. The number of aromatic nitrogens is 2. The monoisotopic (exact) mass is 336 g/mol. The number of rotatable bonds is 6. The first-order valence-electron chi connectivity index (χ1n) is 7.35. The van der Waals surface area contributed by atoms with Crippen LogP contribution in [0, 0.1) is 6.92 Å². The number of thiocarbonyl (C=S) groups is 1. The molecule has 0 radical (unpaired) electrons. The van der Waals surface area contributed by atoms with Crippen LogP contribution >= 0.6 is 23.8 Å². The summed E-state index contributed by atoms with van der Waals surface area (Å²) in [4.78, 5) is 0. The number of hydrogen-bond acceptors (Lipinski definition) is 2. The number of halogens is 1. The molecular formula is C16H21ClN4S. The zero-order chi connectivity index (χ0) is 15.9. The fourth-order valence-electron chi connectivity index (χ4n) is 2.12. The first kappa shape index (κ1) is 16.8. The molecule has 0 saturated carbocycles. The maximum atomic E-state index is 5.98. The molecular weight excluding hydrogens is 316 g/mol. The van der Waals surface area contributed by atoms with Crippen LogP contribution in [0.25, 0.3) is 0 Å². The zero-order valence-corrected chi connectivity index (χ0v) is 14.4. The lowest BCUT2D eigenvalue weighted by molar-refractivity contribution is 0.566. The minimum absolute atomic E-state index is 0.189. The average molecular weight is 337 g/mol. The predicted octanol–water partition coefficient (Wildman–Crippen LogP) is 3.46. The maximum absolute atomic E-state index is 5.98. The van der Waals surface area contributed by atoms with Gasteiger partial charge in [0.05, 0.1) is 16.8 Å². The Labute approximate surface area is 141 Å². The summed E-state index contributed by atoms with van der Waals surface area (Å²) < 4.78 is 1.86. The smallest absolute Gasteiger partial charge is 0.166 e. The van der Waals surface area contributed by atoms with Crippen molar-refractivity contribution in [3.63, 3.8) is 0 Å². The molecule has 1 atom stereocenters. The van der Waals surface area contributed by atoms with E-state index in [-0.39, 0.29) is 6.04 Å². The van der Waals surface area contributed by atoms with Crippen molar-refractivity contribution in [3.8, 4) is 0 Å². The second-order valence-corrected chi connectivity index (χ2v) is 6.03. The highest BCUT2D eigenvalue weighted by molar-refractivity contribution is 7.80. The molecule has 2 aromatic rings. The molecule has 2 rings (SSSR count). The van der Waals surface area contributed by atoms with Gasteiger partial charge in [-0.25, -0.2) is 0 Å². The van der Waals surface area contributed by atoms with Gasteiger partial charge in [-0.15, -0.1) is 0 Å². The van der Waals surface area contributed by atoms with Crippen LogP contribution in [0.5, 0.6) is 0 Å². The highest BCUT2D eigenvalue weighted by Crippen LogP contribution is 2.12. The fourth-order valence-corrected chi connectivity index (χ4v) is 2.55. The average Bonchev–Trinajstić information content (AvgIpc) is 2.83. The SMILES string of the molecule is Cc1nn(CCCNC(=S)N[C@H](C)c2ccccc2)cc1Cl. The van der Waals surface area contributed by atoms with Crippen LogP contribution in [-0.4, -0.2) is 21.4 Å². The van der Waals surface area contributed by atoms with Gasteiger partial charge in [-0.05, 0) is 38.0 Å². The lowest BCUT2D eigenvalue weighted by Crippen LogP contribution is -2.37. The van der Waals surface area contributed by atoms with Gasteiger partial charge in [-0.3, -0.25) is 4.68 Å². The van der Waals surface area contributed by atoms with Gasteiger partial charge in [0.25, 0.3) is 0 Å². The van der Waals surface area contributed by atoms with Gasteiger partial charge in [-0.2, -0.15) is 5.10 Å². The number of benzene rings is 1. The summed E-state index contributed by atoms with van der Waals surface area (Å²) in [5.41, 5.74) is 2.08. The Kier molecular flexibility index (Phi) is 6.21. The minimum atomic E-state index is 0.189. The Morgan fingerprint density at radius 2 is 2.09 bits per heavy atom. The van der Waals surface area contributed by atoms with E-state index in [0.29, 0.717) is 10.1 Å². The topological polar surface area (TPSA) is 41.9 Å². The molecule has 0 spiro atoms. The van der Waals surface area contributed by atoms with Crippen molar-refractivity contribution in [3.05, 3.63) is 52.8 Å². The van der Waals surface area contributed by atoms with E-state index in [1.807, 2.05) is 36.0 Å². The van der Waals surface area contributed by atoms with Crippen LogP contribution < -0.4 is 10.6 Å². The molecule has 0 aliphatic rings. The Balaban J connectivity index is 1.67. The molecule has 1 heterocycles. The number of aryl methyl sites for hydroxylation is 2. The molecule has 4 nitrogen and oxygen atoms in total. The normalized spacial score (nSPS) is 12.0. The van der Waals surface area contributed by atoms with Gasteiger partial charge in [0, 0.05) is 19.3 Å². The maximum Gasteiger partial charge on any atom is 0.166 e. The third-order valence-corrected chi connectivity index (χ3v) is 4.02. The van der Waals surface area contributed by atoms with Gasteiger partial charge in [0.1, 0.15) is 0 Å². The largest absolute Gasteiger partial charge is 0.363 e. The van der Waals surface area contributed by atoms with E-state index < -0.39 is 0 Å². The molecule has 0 aliphatic heterocycles. The molecule has 0 unspecified atom stereocenters.